The van der Waals surface area contributed by atoms with Crippen molar-refractivity contribution >= 4 is 24.2 Å². The zero-order chi connectivity index (χ0) is 15.1. The summed E-state index contributed by atoms with van der Waals surface area (Å²) in [6.45, 7) is 16.2. The van der Waals surface area contributed by atoms with Gasteiger partial charge in [0.15, 0.2) is 0 Å². The first-order valence-electron chi connectivity index (χ1n) is 6.76. The number of alkyl halides is 1. The van der Waals surface area contributed by atoms with Crippen LogP contribution in [0.3, 0.4) is 0 Å². The molecule has 0 spiro atoms. The molecule has 0 bridgehead atoms. The Kier molecular flexibility index (Phi) is 5.36. The van der Waals surface area contributed by atoms with Gasteiger partial charge in [-0.25, -0.2) is 0 Å². The molecule has 0 amide bonds. The van der Waals surface area contributed by atoms with Crippen LogP contribution in [-0.4, -0.2) is 13.9 Å². The topological polar surface area (TPSA) is 0 Å². The summed E-state index contributed by atoms with van der Waals surface area (Å²) >= 11 is 10.2. The third-order valence-electron chi connectivity index (χ3n) is 4.17. The average Bonchev–Trinajstić information content (AvgIpc) is 2.16. The van der Waals surface area contributed by atoms with Gasteiger partial charge in [-0.2, -0.15) is 0 Å². The van der Waals surface area contributed by atoms with Crippen LogP contribution in [0, 0.1) is 6.92 Å². The van der Waals surface area contributed by atoms with Gasteiger partial charge in [-0.3, -0.25) is 0 Å². The van der Waals surface area contributed by atoms with E-state index in [1.807, 2.05) is 0 Å². The average molecular weight is 392 g/mol. The minimum absolute atomic E-state index is 0.0539. The predicted octanol–water partition coefficient (Wildman–Crippen LogP) is 5.04. The molecule has 0 aliphatic rings. The molecule has 0 N–H and O–H groups in total. The van der Waals surface area contributed by atoms with Crippen molar-refractivity contribution in [1.29, 1.82) is 0 Å². The molecule has 113 valence electrons. The SMILES string of the molecule is Cc1ccc([PH]([CH](Cl)[Pd])(C(C)(C)C)C(C)(C)C)cc1. The van der Waals surface area contributed by atoms with E-state index in [2.05, 4.69) is 91.9 Å². The maximum absolute atomic E-state index is 6.74. The summed E-state index contributed by atoms with van der Waals surface area (Å²) in [5.41, 5.74) is 1.30. The van der Waals surface area contributed by atoms with E-state index < -0.39 is 7.26 Å². The van der Waals surface area contributed by atoms with Gasteiger partial charge in [0.2, 0.25) is 0 Å². The predicted molar refractivity (Wildman–Crippen MR) is 88.3 cm³/mol. The Morgan fingerprint density at radius 3 is 1.58 bits per heavy atom. The summed E-state index contributed by atoms with van der Waals surface area (Å²) in [7, 11) is -1.98. The molecule has 3 heteroatoms. The fourth-order valence-corrected chi connectivity index (χ4v) is 16.8. The van der Waals surface area contributed by atoms with Crippen LogP contribution in [0.15, 0.2) is 24.3 Å². The fourth-order valence-electron chi connectivity index (χ4n) is 3.52. The van der Waals surface area contributed by atoms with Gasteiger partial charge >= 0.3 is 136 Å². The number of benzene rings is 1. The molecule has 0 saturated carbocycles. The molecule has 0 nitrogen and oxygen atoms in total. The van der Waals surface area contributed by atoms with Crippen LogP contribution in [0.2, 0.25) is 0 Å². The second kappa shape index (κ2) is 5.77. The van der Waals surface area contributed by atoms with E-state index in [9.17, 15) is 0 Å². The Balaban J connectivity index is 3.63. The third-order valence-corrected chi connectivity index (χ3v) is 13.8. The maximum atomic E-state index is 6.74. The molecule has 0 aliphatic heterocycles. The van der Waals surface area contributed by atoms with E-state index in [-0.39, 0.29) is 13.9 Å². The summed E-state index contributed by atoms with van der Waals surface area (Å²) in [6, 6.07) is 9.01. The van der Waals surface area contributed by atoms with Gasteiger partial charge in [0, 0.05) is 0 Å². The molecule has 0 aliphatic carbocycles. The van der Waals surface area contributed by atoms with Crippen LogP contribution in [0.25, 0.3) is 0 Å². The Bertz CT molecular complexity index is 410. The number of rotatable bonds is 2. The third kappa shape index (κ3) is 3.11. The molecule has 1 rings (SSSR count). The molecular weight excluding hydrogens is 365 g/mol. The zero-order valence-corrected chi connectivity index (χ0v) is 16.4. The standard InChI is InChI=1S/C16H27ClP.Pd/c1-13-8-10-14(11-9-13)18(12-17,15(2,3)4)16(5,6)7;/h8-12,18H,1-7H3;. The molecule has 0 aromatic heterocycles. The Morgan fingerprint density at radius 2 is 1.32 bits per heavy atom. The van der Waals surface area contributed by atoms with E-state index in [1.54, 1.807) is 0 Å². The second-order valence-electron chi connectivity index (χ2n) is 7.44. The summed E-state index contributed by atoms with van der Waals surface area (Å²) in [4.78, 5) is 0. The number of hydrogen-bond donors (Lipinski definition) is 0. The Hall–Kier alpha value is 0.602. The fraction of sp³-hybridized carbons (Fsp3) is 0.625. The van der Waals surface area contributed by atoms with E-state index in [0.717, 1.165) is 0 Å². The van der Waals surface area contributed by atoms with Crippen molar-refractivity contribution in [1.82, 2.24) is 0 Å². The molecule has 1 atom stereocenters. The van der Waals surface area contributed by atoms with Crippen LogP contribution >= 0.6 is 18.9 Å². The van der Waals surface area contributed by atoms with E-state index >= 15 is 0 Å². The van der Waals surface area contributed by atoms with E-state index in [4.69, 9.17) is 11.6 Å². The normalized spacial score (nSPS) is 16.3. The van der Waals surface area contributed by atoms with Crippen LogP contribution in [0.1, 0.15) is 47.1 Å². The quantitative estimate of drug-likeness (QED) is 0.376. The number of halogens is 1. The summed E-state index contributed by atoms with van der Waals surface area (Å²) in [6.07, 6.45) is 0. The molecular formula is C16H27ClPPd. The number of hydrogen-bond acceptors (Lipinski definition) is 0. The first-order chi connectivity index (χ1) is 8.44. The van der Waals surface area contributed by atoms with Gasteiger partial charge in [-0.15, -0.1) is 0 Å². The van der Waals surface area contributed by atoms with Crippen molar-refractivity contribution in [2.75, 3.05) is 0 Å². The molecule has 19 heavy (non-hydrogen) atoms. The minimum atomic E-state index is -1.98. The van der Waals surface area contributed by atoms with Gasteiger partial charge in [-0.1, -0.05) is 0 Å². The first-order valence-corrected chi connectivity index (χ1v) is 10.2. The van der Waals surface area contributed by atoms with Gasteiger partial charge in [-0.05, 0) is 0 Å². The monoisotopic (exact) mass is 391 g/mol. The molecule has 0 saturated heterocycles. The molecule has 1 aromatic carbocycles. The van der Waals surface area contributed by atoms with Gasteiger partial charge < -0.3 is 0 Å². The van der Waals surface area contributed by atoms with Crippen molar-refractivity contribution in [3.05, 3.63) is 29.8 Å². The Labute approximate surface area is 135 Å². The number of aryl methyl sites for hydroxylation is 1. The molecule has 0 heterocycles. The van der Waals surface area contributed by atoms with Crippen LogP contribution in [0.5, 0.6) is 0 Å². The molecule has 1 aromatic rings. The van der Waals surface area contributed by atoms with Gasteiger partial charge in [0.1, 0.15) is 0 Å². The molecule has 1 unspecified atom stereocenters. The van der Waals surface area contributed by atoms with Crippen molar-refractivity contribution < 1.29 is 19.2 Å². The van der Waals surface area contributed by atoms with Crippen LogP contribution in [0.4, 0.5) is 0 Å². The van der Waals surface area contributed by atoms with Crippen molar-refractivity contribution in [3.63, 3.8) is 0 Å². The first kappa shape index (κ1) is 17.7. The summed E-state index contributed by atoms with van der Waals surface area (Å²) in [5, 5.41) is 1.82. The van der Waals surface area contributed by atoms with E-state index in [1.165, 1.54) is 10.9 Å². The second-order valence-corrected chi connectivity index (χ2v) is 16.2. The summed E-state index contributed by atoms with van der Waals surface area (Å²) in [5.74, 6) is 0. The molecule has 0 radical (unpaired) electrons. The van der Waals surface area contributed by atoms with E-state index in [0.29, 0.717) is 0 Å². The molecule has 0 fully saturated rings. The zero-order valence-electron chi connectivity index (χ0n) is 13.1. The van der Waals surface area contributed by atoms with Gasteiger partial charge in [0.25, 0.3) is 0 Å². The van der Waals surface area contributed by atoms with Crippen LogP contribution < -0.4 is 5.30 Å². The van der Waals surface area contributed by atoms with Crippen molar-refractivity contribution in [2.24, 2.45) is 0 Å². The van der Waals surface area contributed by atoms with Crippen molar-refractivity contribution in [3.8, 4) is 0 Å². The van der Waals surface area contributed by atoms with Crippen LogP contribution in [-0.2, 0) is 19.2 Å². The van der Waals surface area contributed by atoms with Crippen molar-refractivity contribution in [2.45, 2.75) is 62.4 Å². The summed E-state index contributed by atoms with van der Waals surface area (Å²) < 4.78 is 0.0539. The Morgan fingerprint density at radius 1 is 0.947 bits per heavy atom. The van der Waals surface area contributed by atoms with Gasteiger partial charge in [0.05, 0.1) is 0 Å².